The van der Waals surface area contributed by atoms with Gasteiger partial charge in [0.2, 0.25) is 5.91 Å². The van der Waals surface area contributed by atoms with Gasteiger partial charge >= 0.3 is 0 Å². The molecule has 7 heteroatoms. The fourth-order valence-electron chi connectivity index (χ4n) is 3.28. The van der Waals surface area contributed by atoms with Crippen LogP contribution in [0, 0.1) is 19.8 Å². The second-order valence-electron chi connectivity index (χ2n) is 7.54. The van der Waals surface area contributed by atoms with E-state index in [1.807, 2.05) is 44.2 Å². The fourth-order valence-corrected chi connectivity index (χ4v) is 3.28. The number of fused-ring (bicyclic) bond motifs is 1. The number of carbonyl (C=O) groups excluding carboxylic acids is 1. The third-order valence-electron chi connectivity index (χ3n) is 4.91. The Morgan fingerprint density at radius 2 is 1.79 bits per heavy atom. The molecule has 0 radical (unpaired) electrons. The minimum atomic E-state index is -0.704. The van der Waals surface area contributed by atoms with Crippen LogP contribution in [0.15, 0.2) is 35.1 Å². The third-order valence-corrected chi connectivity index (χ3v) is 4.91. The van der Waals surface area contributed by atoms with Crippen LogP contribution in [-0.2, 0) is 4.79 Å². The quantitative estimate of drug-likeness (QED) is 0.712. The maximum atomic E-state index is 13.1. The lowest BCUT2D eigenvalue weighted by molar-refractivity contribution is -0.124. The van der Waals surface area contributed by atoms with E-state index in [9.17, 15) is 9.59 Å². The van der Waals surface area contributed by atoms with Crippen LogP contribution in [0.4, 0.5) is 0 Å². The minimum absolute atomic E-state index is 0.215. The number of nitrogens with zero attached hydrogens (tertiary/aromatic N) is 4. The molecule has 3 rings (SSSR count). The monoisotopic (exact) mass is 381 g/mol. The highest BCUT2D eigenvalue weighted by molar-refractivity contribution is 5.84. The topological polar surface area (TPSA) is 81.8 Å². The summed E-state index contributed by atoms with van der Waals surface area (Å²) in [5.74, 6) is 0.285. The molecule has 1 N–H and O–H groups in total. The highest BCUT2D eigenvalue weighted by atomic mass is 16.2. The second-order valence-corrected chi connectivity index (χ2v) is 7.54. The summed E-state index contributed by atoms with van der Waals surface area (Å²) in [6, 6.07) is 8.95. The van der Waals surface area contributed by atoms with Crippen molar-refractivity contribution in [3.63, 3.8) is 0 Å². The Hall–Kier alpha value is -2.96. The molecule has 0 unspecified atom stereocenters. The van der Waals surface area contributed by atoms with Gasteiger partial charge in [-0.05, 0) is 45.2 Å². The molecule has 0 aliphatic carbocycles. The Morgan fingerprint density at radius 3 is 2.43 bits per heavy atom. The van der Waals surface area contributed by atoms with E-state index in [4.69, 9.17) is 0 Å². The van der Waals surface area contributed by atoms with Crippen LogP contribution >= 0.6 is 0 Å². The molecule has 1 aromatic carbocycles. The predicted octanol–water partition coefficient (Wildman–Crippen LogP) is 2.92. The molecule has 0 fully saturated rings. The molecule has 28 heavy (non-hydrogen) atoms. The molecular formula is C21H27N5O2. The van der Waals surface area contributed by atoms with Crippen molar-refractivity contribution in [2.24, 2.45) is 5.92 Å². The number of nitrogens with one attached hydrogen (secondary N) is 1. The zero-order valence-electron chi connectivity index (χ0n) is 17.1. The largest absolute Gasteiger partial charge is 0.354 e. The van der Waals surface area contributed by atoms with E-state index < -0.39 is 6.04 Å². The van der Waals surface area contributed by atoms with Gasteiger partial charge in [0.1, 0.15) is 6.04 Å². The van der Waals surface area contributed by atoms with Crippen LogP contribution in [0.3, 0.4) is 0 Å². The summed E-state index contributed by atoms with van der Waals surface area (Å²) in [4.78, 5) is 25.5. The van der Waals surface area contributed by atoms with Crippen molar-refractivity contribution < 1.29 is 4.79 Å². The average molecular weight is 381 g/mol. The van der Waals surface area contributed by atoms with Gasteiger partial charge in [0.15, 0.2) is 5.52 Å². The SMILES string of the molecule is Cc1nn([C@H](C)C(=O)NCCC(C)C)c(=O)c2nn(-c3ccccc3)c(C)c12. The first-order valence-electron chi connectivity index (χ1n) is 9.63. The predicted molar refractivity (Wildman–Crippen MR) is 110 cm³/mol. The van der Waals surface area contributed by atoms with Crippen LogP contribution in [0.1, 0.15) is 44.6 Å². The molecule has 0 aliphatic heterocycles. The van der Waals surface area contributed by atoms with Crippen molar-refractivity contribution in [2.45, 2.75) is 47.1 Å². The Labute approximate surface area is 164 Å². The first kappa shape index (κ1) is 19.8. The molecule has 0 aliphatic rings. The highest BCUT2D eigenvalue weighted by Gasteiger charge is 2.23. The van der Waals surface area contributed by atoms with Gasteiger partial charge in [-0.25, -0.2) is 9.36 Å². The van der Waals surface area contributed by atoms with Crippen LogP contribution in [0.25, 0.3) is 16.6 Å². The Kier molecular flexibility index (Phi) is 5.63. The number of aromatic nitrogens is 4. The zero-order valence-corrected chi connectivity index (χ0v) is 17.1. The van der Waals surface area contributed by atoms with E-state index in [0.29, 0.717) is 23.7 Å². The molecule has 0 spiro atoms. The van der Waals surface area contributed by atoms with Gasteiger partial charge in [0, 0.05) is 6.54 Å². The number of hydrogen-bond donors (Lipinski definition) is 1. The summed E-state index contributed by atoms with van der Waals surface area (Å²) >= 11 is 0. The Bertz CT molecular complexity index is 1050. The number of carbonyl (C=O) groups is 1. The van der Waals surface area contributed by atoms with E-state index in [1.165, 1.54) is 4.68 Å². The molecule has 148 valence electrons. The molecule has 0 bridgehead atoms. The zero-order chi connectivity index (χ0) is 20.4. The molecule has 1 atom stereocenters. The number of aryl methyl sites for hydroxylation is 2. The number of amides is 1. The van der Waals surface area contributed by atoms with Crippen molar-refractivity contribution >= 4 is 16.8 Å². The fraction of sp³-hybridized carbons (Fsp3) is 0.429. The van der Waals surface area contributed by atoms with E-state index in [2.05, 4.69) is 29.4 Å². The van der Waals surface area contributed by atoms with Gasteiger partial charge < -0.3 is 5.32 Å². The number of benzene rings is 1. The van der Waals surface area contributed by atoms with Gasteiger partial charge in [0.05, 0.1) is 22.5 Å². The smallest absolute Gasteiger partial charge is 0.295 e. The van der Waals surface area contributed by atoms with Crippen LogP contribution in [0.5, 0.6) is 0 Å². The Balaban J connectivity index is 2.01. The normalized spacial score (nSPS) is 12.5. The lowest BCUT2D eigenvalue weighted by atomic mass is 10.1. The molecule has 0 saturated carbocycles. The third kappa shape index (κ3) is 3.69. The number of para-hydroxylation sites is 1. The lowest BCUT2D eigenvalue weighted by Crippen LogP contribution is -2.38. The van der Waals surface area contributed by atoms with Crippen LogP contribution in [0.2, 0.25) is 0 Å². The van der Waals surface area contributed by atoms with Gasteiger partial charge in [-0.3, -0.25) is 9.59 Å². The standard InChI is InChI=1S/C21H27N5O2/c1-13(2)11-12-22-20(27)16(5)26-21(28)19-18(14(3)23-26)15(4)25(24-19)17-9-7-6-8-10-17/h6-10,13,16H,11-12H2,1-5H3,(H,22,27)/t16-/m1/s1. The van der Waals surface area contributed by atoms with E-state index in [1.54, 1.807) is 11.6 Å². The summed E-state index contributed by atoms with van der Waals surface area (Å²) in [5, 5.41) is 12.6. The lowest BCUT2D eigenvalue weighted by Gasteiger charge is -2.15. The van der Waals surface area contributed by atoms with Gasteiger partial charge in [-0.15, -0.1) is 0 Å². The maximum absolute atomic E-state index is 13.1. The van der Waals surface area contributed by atoms with E-state index in [-0.39, 0.29) is 11.5 Å². The molecular weight excluding hydrogens is 354 g/mol. The molecule has 3 aromatic rings. The molecule has 0 saturated heterocycles. The van der Waals surface area contributed by atoms with Crippen LogP contribution in [-0.4, -0.2) is 32.0 Å². The minimum Gasteiger partial charge on any atom is -0.354 e. The number of rotatable bonds is 6. The van der Waals surface area contributed by atoms with Gasteiger partial charge in [0.25, 0.3) is 5.56 Å². The first-order valence-corrected chi connectivity index (χ1v) is 9.63. The van der Waals surface area contributed by atoms with Crippen molar-refractivity contribution in [2.75, 3.05) is 6.54 Å². The maximum Gasteiger partial charge on any atom is 0.295 e. The number of hydrogen-bond acceptors (Lipinski definition) is 4. The Morgan fingerprint density at radius 1 is 1.11 bits per heavy atom. The molecule has 7 nitrogen and oxygen atoms in total. The van der Waals surface area contributed by atoms with E-state index in [0.717, 1.165) is 23.2 Å². The highest BCUT2D eigenvalue weighted by Crippen LogP contribution is 2.21. The summed E-state index contributed by atoms with van der Waals surface area (Å²) in [6.45, 7) is 10.2. The van der Waals surface area contributed by atoms with Crippen molar-refractivity contribution in [1.82, 2.24) is 24.9 Å². The van der Waals surface area contributed by atoms with Crippen molar-refractivity contribution in [1.29, 1.82) is 0 Å². The van der Waals surface area contributed by atoms with Crippen LogP contribution < -0.4 is 10.9 Å². The van der Waals surface area contributed by atoms with Gasteiger partial charge in [-0.2, -0.15) is 10.2 Å². The summed E-state index contributed by atoms with van der Waals surface area (Å²) in [6.07, 6.45) is 0.888. The van der Waals surface area contributed by atoms with Gasteiger partial charge in [-0.1, -0.05) is 32.0 Å². The van der Waals surface area contributed by atoms with Crippen molar-refractivity contribution in [3.05, 3.63) is 52.1 Å². The first-order chi connectivity index (χ1) is 13.3. The molecule has 1 amide bonds. The van der Waals surface area contributed by atoms with Crippen molar-refractivity contribution in [3.8, 4) is 5.69 Å². The average Bonchev–Trinajstić information content (AvgIpc) is 3.02. The summed E-state index contributed by atoms with van der Waals surface area (Å²) in [5.41, 5.74) is 2.38. The summed E-state index contributed by atoms with van der Waals surface area (Å²) in [7, 11) is 0. The second kappa shape index (κ2) is 7.96. The molecule has 2 heterocycles. The van der Waals surface area contributed by atoms with E-state index >= 15 is 0 Å². The summed E-state index contributed by atoms with van der Waals surface area (Å²) < 4.78 is 2.99. The molecule has 2 aromatic heterocycles.